The third-order valence-corrected chi connectivity index (χ3v) is 6.51. The number of hydrogen-bond donors (Lipinski definition) is 1. The van der Waals surface area contributed by atoms with Crippen molar-refractivity contribution in [3.05, 3.63) is 67.1 Å². The summed E-state index contributed by atoms with van der Waals surface area (Å²) in [6.07, 6.45) is 0. The highest BCUT2D eigenvalue weighted by Gasteiger charge is 2.23. The van der Waals surface area contributed by atoms with Crippen LogP contribution >= 0.6 is 34.5 Å². The predicted molar refractivity (Wildman–Crippen MR) is 142 cm³/mol. The van der Waals surface area contributed by atoms with Crippen molar-refractivity contribution in [2.75, 3.05) is 26.1 Å². The van der Waals surface area contributed by atoms with Crippen LogP contribution in [-0.2, 0) is 10.2 Å². The molecule has 2 amide bonds. The summed E-state index contributed by atoms with van der Waals surface area (Å²) in [4.78, 5) is 34.7. The number of benzene rings is 2. The summed E-state index contributed by atoms with van der Waals surface area (Å²) in [5.41, 5.74) is -0.615. The Hall–Kier alpha value is -3.48. The topological polar surface area (TPSA) is 137 Å². The number of nitro groups is 1. The molecule has 0 saturated heterocycles. The van der Waals surface area contributed by atoms with Gasteiger partial charge in [-0.05, 0) is 24.3 Å². The van der Waals surface area contributed by atoms with Crippen molar-refractivity contribution in [3.63, 3.8) is 0 Å². The van der Waals surface area contributed by atoms with E-state index in [-0.39, 0.29) is 33.5 Å². The fourth-order valence-corrected chi connectivity index (χ4v) is 3.91. The zero-order valence-electron chi connectivity index (χ0n) is 20.9. The normalized spacial score (nSPS) is 10.6. The van der Waals surface area contributed by atoms with E-state index in [1.807, 2.05) is 0 Å². The minimum Gasteiger partial charge on any atom is -0.465 e. The molecule has 0 spiro atoms. The van der Waals surface area contributed by atoms with Gasteiger partial charge in [0, 0.05) is 36.7 Å². The van der Waals surface area contributed by atoms with Crippen molar-refractivity contribution in [1.82, 2.24) is 15.5 Å². The number of esters is 1. The second-order valence-corrected chi connectivity index (χ2v) is 10.2. The Kier molecular flexibility index (Phi) is 10.2. The van der Waals surface area contributed by atoms with Crippen molar-refractivity contribution >= 4 is 57.4 Å². The highest BCUT2D eigenvalue weighted by molar-refractivity contribution is 7.15. The van der Waals surface area contributed by atoms with E-state index in [0.717, 1.165) is 18.2 Å². The van der Waals surface area contributed by atoms with Crippen LogP contribution in [0.1, 0.15) is 36.1 Å². The molecule has 0 aliphatic rings. The van der Waals surface area contributed by atoms with Gasteiger partial charge in [-0.1, -0.05) is 55.3 Å². The van der Waals surface area contributed by atoms with E-state index in [9.17, 15) is 19.7 Å². The molecule has 0 aliphatic carbocycles. The molecule has 3 aromatic rings. The molecule has 0 bridgehead atoms. The zero-order valence-corrected chi connectivity index (χ0v) is 23.2. The van der Waals surface area contributed by atoms with Gasteiger partial charge in [0.1, 0.15) is 22.1 Å². The van der Waals surface area contributed by atoms with Gasteiger partial charge in [0.25, 0.3) is 5.69 Å². The van der Waals surface area contributed by atoms with E-state index < -0.39 is 10.9 Å². The van der Waals surface area contributed by atoms with Crippen LogP contribution in [0.25, 0.3) is 0 Å². The van der Waals surface area contributed by atoms with Crippen molar-refractivity contribution in [2.24, 2.45) is 0 Å². The lowest BCUT2D eigenvalue weighted by Crippen LogP contribution is -2.34. The summed E-state index contributed by atoms with van der Waals surface area (Å²) < 4.78 is 10.0. The minimum atomic E-state index is -0.834. The molecule has 3 rings (SSSR count). The molecule has 37 heavy (non-hydrogen) atoms. The maximum absolute atomic E-state index is 11.6. The van der Waals surface area contributed by atoms with Crippen LogP contribution in [0.15, 0.2) is 36.4 Å². The quantitative estimate of drug-likeness (QED) is 0.221. The van der Waals surface area contributed by atoms with E-state index in [4.69, 9.17) is 27.9 Å². The monoisotopic (exact) mass is 569 g/mol. The molecule has 0 fully saturated rings. The molecule has 1 N–H and O–H groups in total. The van der Waals surface area contributed by atoms with Gasteiger partial charge < -0.3 is 14.8 Å². The number of methoxy groups -OCH3 is 1. The van der Waals surface area contributed by atoms with E-state index in [0.29, 0.717) is 15.9 Å². The van der Waals surface area contributed by atoms with Crippen LogP contribution in [0, 0.1) is 10.1 Å². The van der Waals surface area contributed by atoms with Gasteiger partial charge in [-0.2, -0.15) is 0 Å². The molecule has 1 heterocycles. The first-order valence-electron chi connectivity index (χ1n) is 10.6. The molecule has 0 aliphatic heterocycles. The number of nitrogens with one attached hydrogen (secondary N) is 1. The third kappa shape index (κ3) is 8.00. The molecule has 2 aromatic carbocycles. The number of hydrogen-bond acceptors (Lipinski definition) is 9. The summed E-state index contributed by atoms with van der Waals surface area (Å²) in [5.74, 6) is -0.328. The summed E-state index contributed by atoms with van der Waals surface area (Å²) in [6.45, 7) is 6.20. The van der Waals surface area contributed by atoms with Gasteiger partial charge >= 0.3 is 12.0 Å². The lowest BCUT2D eigenvalue weighted by molar-refractivity contribution is -0.385. The molecule has 0 saturated carbocycles. The Morgan fingerprint density at radius 1 is 1.14 bits per heavy atom. The second-order valence-electron chi connectivity index (χ2n) is 8.36. The van der Waals surface area contributed by atoms with E-state index in [2.05, 4.69) is 41.0 Å². The van der Waals surface area contributed by atoms with Crippen LogP contribution in [0.4, 0.5) is 15.6 Å². The number of nitro benzene ring substituents is 1. The lowest BCUT2D eigenvalue weighted by atomic mass is 9.98. The molecular weight excluding hydrogens is 545 g/mol. The number of rotatable bonds is 5. The Morgan fingerprint density at radius 2 is 1.81 bits per heavy atom. The maximum Gasteiger partial charge on any atom is 0.345 e. The first-order valence-corrected chi connectivity index (χ1v) is 12.1. The summed E-state index contributed by atoms with van der Waals surface area (Å²) in [7, 11) is 4.39. The molecular formula is C23H25Cl2N5O6S. The zero-order chi connectivity index (χ0) is 27.9. The average Bonchev–Trinajstić information content (AvgIpc) is 3.35. The summed E-state index contributed by atoms with van der Waals surface area (Å²) in [5, 5.41) is 23.8. The van der Waals surface area contributed by atoms with E-state index >= 15 is 0 Å². The molecule has 0 radical (unpaired) electrons. The summed E-state index contributed by atoms with van der Waals surface area (Å²) >= 11 is 13.2. The molecule has 1 aromatic heterocycles. The number of halogens is 2. The second kappa shape index (κ2) is 12.7. The van der Waals surface area contributed by atoms with Gasteiger partial charge in [0.2, 0.25) is 5.13 Å². The first-order chi connectivity index (χ1) is 17.3. The maximum atomic E-state index is 11.6. The number of urea groups is 1. The van der Waals surface area contributed by atoms with Gasteiger partial charge in [0.15, 0.2) is 0 Å². The predicted octanol–water partition coefficient (Wildman–Crippen LogP) is 6.09. The van der Waals surface area contributed by atoms with Gasteiger partial charge in [-0.15, -0.1) is 10.2 Å². The van der Waals surface area contributed by atoms with Crippen LogP contribution in [-0.4, -0.2) is 48.3 Å². The van der Waals surface area contributed by atoms with Crippen molar-refractivity contribution in [3.8, 4) is 11.5 Å². The molecule has 14 heteroatoms. The number of carbonyl (C=O) groups excluding carboxylic acids is 2. The lowest BCUT2D eigenvalue weighted by Gasteiger charge is -2.13. The van der Waals surface area contributed by atoms with E-state index in [1.54, 1.807) is 26.2 Å². The number of anilines is 1. The highest BCUT2D eigenvalue weighted by Crippen LogP contribution is 2.33. The average molecular weight is 570 g/mol. The number of ether oxygens (including phenoxy) is 2. The van der Waals surface area contributed by atoms with Crippen molar-refractivity contribution in [1.29, 1.82) is 0 Å². The van der Waals surface area contributed by atoms with Crippen LogP contribution in [0.2, 0.25) is 10.0 Å². The Bertz CT molecular complexity index is 1290. The van der Waals surface area contributed by atoms with Crippen LogP contribution < -0.4 is 15.0 Å². The van der Waals surface area contributed by atoms with Gasteiger partial charge in [-0.3, -0.25) is 15.0 Å². The van der Waals surface area contributed by atoms with Crippen molar-refractivity contribution in [2.45, 2.75) is 26.2 Å². The SMILES string of the molecule is CNC(=O)N(C)c1nnc(C(C)(C)C)s1.COC(=O)c1cc(Oc2ccc(Cl)cc2Cl)ccc1[N+](=O)[O-]. The third-order valence-electron chi connectivity index (χ3n) is 4.55. The Labute approximate surface area is 227 Å². The molecule has 0 atom stereocenters. The van der Waals surface area contributed by atoms with Crippen LogP contribution in [0.3, 0.4) is 0 Å². The molecule has 198 valence electrons. The van der Waals surface area contributed by atoms with E-state index in [1.165, 1.54) is 34.4 Å². The number of amides is 2. The first kappa shape index (κ1) is 29.7. The van der Waals surface area contributed by atoms with Crippen molar-refractivity contribution < 1.29 is 24.0 Å². The van der Waals surface area contributed by atoms with Crippen LogP contribution in [0.5, 0.6) is 11.5 Å². The van der Waals surface area contributed by atoms with Gasteiger partial charge in [0.05, 0.1) is 17.1 Å². The smallest absolute Gasteiger partial charge is 0.345 e. The highest BCUT2D eigenvalue weighted by atomic mass is 35.5. The fraction of sp³-hybridized carbons (Fsp3) is 0.304. The Morgan fingerprint density at radius 3 is 2.32 bits per heavy atom. The van der Waals surface area contributed by atoms with Gasteiger partial charge in [-0.25, -0.2) is 9.59 Å². The number of nitrogens with zero attached hydrogens (tertiary/aromatic N) is 4. The largest absolute Gasteiger partial charge is 0.465 e. The fourth-order valence-electron chi connectivity index (χ4n) is 2.60. The number of carbonyl (C=O) groups is 2. The number of aromatic nitrogens is 2. The standard InChI is InChI=1S/C14H9Cl2NO5.C9H16N4OS/c1-21-14(18)10-7-9(3-4-12(10)17(19)20)22-13-5-2-8(15)6-11(13)16;1-9(2,3)6-11-12-8(15-6)13(5)7(14)10-4/h2-7H,1H3;1-5H3,(H,10,14). The minimum absolute atomic E-state index is 0.0283. The molecule has 0 unspecified atom stereocenters. The summed E-state index contributed by atoms with van der Waals surface area (Å²) in [6, 6.07) is 8.16. The Balaban J connectivity index is 0.000000281. The molecule has 11 nitrogen and oxygen atoms in total.